The van der Waals surface area contributed by atoms with Gasteiger partial charge in [-0.2, -0.15) is 0 Å². The number of halogens is 1. The first-order valence-electron chi connectivity index (χ1n) is 8.36. The fourth-order valence-corrected chi connectivity index (χ4v) is 2.59. The third kappa shape index (κ3) is 4.79. The number of rotatable bonds is 9. The number of aromatic nitrogens is 3. The minimum absolute atomic E-state index is 0.190. The van der Waals surface area contributed by atoms with Gasteiger partial charge in [-0.05, 0) is 37.6 Å². The minimum Gasteiger partial charge on any atom is -0.349 e. The largest absolute Gasteiger partial charge is 0.349 e. The summed E-state index contributed by atoms with van der Waals surface area (Å²) in [5, 5.41) is 15.0. The molecular formula is C17H24ClN5O. The third-order valence-electron chi connectivity index (χ3n) is 3.53. The molecule has 0 aliphatic heterocycles. The number of hydrogen-bond acceptors (Lipinski definition) is 4. The zero-order valence-corrected chi connectivity index (χ0v) is 14.9. The second-order valence-electron chi connectivity index (χ2n) is 5.53. The Bertz CT molecular complexity index is 671. The Morgan fingerprint density at radius 1 is 1.21 bits per heavy atom. The zero-order chi connectivity index (χ0) is 17.4. The van der Waals surface area contributed by atoms with Gasteiger partial charge in [0.15, 0.2) is 5.69 Å². The normalized spacial score (nSPS) is 10.8. The summed E-state index contributed by atoms with van der Waals surface area (Å²) < 4.78 is 1.69. The molecule has 6 nitrogen and oxygen atoms in total. The van der Waals surface area contributed by atoms with Gasteiger partial charge in [0.25, 0.3) is 5.91 Å². The van der Waals surface area contributed by atoms with E-state index >= 15 is 0 Å². The van der Waals surface area contributed by atoms with Gasteiger partial charge < -0.3 is 10.6 Å². The average molecular weight is 350 g/mol. The summed E-state index contributed by atoms with van der Waals surface area (Å²) in [7, 11) is 0. The highest BCUT2D eigenvalue weighted by Crippen LogP contribution is 2.18. The van der Waals surface area contributed by atoms with Gasteiger partial charge in [-0.25, -0.2) is 4.68 Å². The van der Waals surface area contributed by atoms with E-state index in [0.717, 1.165) is 43.7 Å². The Morgan fingerprint density at radius 3 is 2.75 bits per heavy atom. The SMILES string of the molecule is CCCNCCNC(=O)c1nnn(-c2cccc(Cl)c2)c1CCC. The summed E-state index contributed by atoms with van der Waals surface area (Å²) in [5.41, 5.74) is 1.99. The Labute approximate surface area is 147 Å². The van der Waals surface area contributed by atoms with Gasteiger partial charge in [0.05, 0.1) is 11.4 Å². The molecule has 0 aliphatic rings. The summed E-state index contributed by atoms with van der Waals surface area (Å²) in [4.78, 5) is 12.4. The molecule has 0 saturated carbocycles. The maximum Gasteiger partial charge on any atom is 0.273 e. The fourth-order valence-electron chi connectivity index (χ4n) is 2.40. The van der Waals surface area contributed by atoms with Crippen LogP contribution in [0.4, 0.5) is 0 Å². The second-order valence-corrected chi connectivity index (χ2v) is 5.97. The van der Waals surface area contributed by atoms with Crippen molar-refractivity contribution in [1.29, 1.82) is 0 Å². The standard InChI is InChI=1S/C17H24ClN5O/c1-3-6-15-16(17(24)20-11-10-19-9-4-2)21-22-23(15)14-8-5-7-13(18)12-14/h5,7-8,12,19H,3-4,6,9-11H2,1-2H3,(H,20,24). The van der Waals surface area contributed by atoms with E-state index in [2.05, 4.69) is 34.8 Å². The lowest BCUT2D eigenvalue weighted by atomic mass is 10.2. The van der Waals surface area contributed by atoms with Gasteiger partial charge in [0, 0.05) is 18.1 Å². The first-order chi connectivity index (χ1) is 11.7. The second kappa shape index (κ2) is 9.39. The molecule has 0 aliphatic carbocycles. The minimum atomic E-state index is -0.190. The van der Waals surface area contributed by atoms with Crippen molar-refractivity contribution in [3.05, 3.63) is 40.7 Å². The van der Waals surface area contributed by atoms with Gasteiger partial charge in [-0.1, -0.05) is 43.1 Å². The van der Waals surface area contributed by atoms with E-state index in [4.69, 9.17) is 11.6 Å². The molecule has 1 aromatic carbocycles. The maximum absolute atomic E-state index is 12.4. The van der Waals surface area contributed by atoms with E-state index in [1.54, 1.807) is 10.7 Å². The van der Waals surface area contributed by atoms with Crippen LogP contribution in [0.3, 0.4) is 0 Å². The molecule has 24 heavy (non-hydrogen) atoms. The van der Waals surface area contributed by atoms with Crippen LogP contribution in [0.2, 0.25) is 5.02 Å². The number of amides is 1. The zero-order valence-electron chi connectivity index (χ0n) is 14.2. The van der Waals surface area contributed by atoms with Gasteiger partial charge in [-0.15, -0.1) is 5.10 Å². The van der Waals surface area contributed by atoms with Crippen LogP contribution >= 0.6 is 11.6 Å². The molecule has 0 fully saturated rings. The van der Waals surface area contributed by atoms with E-state index in [0.29, 0.717) is 17.3 Å². The fraction of sp³-hybridized carbons (Fsp3) is 0.471. The van der Waals surface area contributed by atoms with E-state index in [9.17, 15) is 4.79 Å². The van der Waals surface area contributed by atoms with E-state index in [1.165, 1.54) is 0 Å². The Hall–Kier alpha value is -1.92. The van der Waals surface area contributed by atoms with Crippen LogP contribution in [-0.4, -0.2) is 40.5 Å². The van der Waals surface area contributed by atoms with Crippen molar-refractivity contribution in [1.82, 2.24) is 25.6 Å². The van der Waals surface area contributed by atoms with Crippen molar-refractivity contribution < 1.29 is 4.79 Å². The quantitative estimate of drug-likeness (QED) is 0.682. The lowest BCUT2D eigenvalue weighted by molar-refractivity contribution is 0.0948. The first-order valence-corrected chi connectivity index (χ1v) is 8.74. The number of nitrogens with one attached hydrogen (secondary N) is 2. The molecule has 1 aromatic heterocycles. The maximum atomic E-state index is 12.4. The number of nitrogens with zero attached hydrogens (tertiary/aromatic N) is 3. The van der Waals surface area contributed by atoms with E-state index in [-0.39, 0.29) is 5.91 Å². The molecule has 2 N–H and O–H groups in total. The van der Waals surface area contributed by atoms with Gasteiger partial charge in [-0.3, -0.25) is 4.79 Å². The molecule has 2 rings (SSSR count). The van der Waals surface area contributed by atoms with Crippen molar-refractivity contribution in [3.8, 4) is 5.69 Å². The van der Waals surface area contributed by atoms with Gasteiger partial charge >= 0.3 is 0 Å². The van der Waals surface area contributed by atoms with Crippen LogP contribution in [0.15, 0.2) is 24.3 Å². The summed E-state index contributed by atoms with van der Waals surface area (Å²) >= 11 is 6.06. The average Bonchev–Trinajstić information content (AvgIpc) is 2.99. The molecule has 0 spiro atoms. The Morgan fingerprint density at radius 2 is 2.04 bits per heavy atom. The number of carbonyl (C=O) groups is 1. The lowest BCUT2D eigenvalue weighted by Gasteiger charge is -2.08. The topological polar surface area (TPSA) is 71.8 Å². The Balaban J connectivity index is 2.14. The smallest absolute Gasteiger partial charge is 0.273 e. The number of benzene rings is 1. The van der Waals surface area contributed by atoms with Crippen LogP contribution in [0.25, 0.3) is 5.69 Å². The molecule has 130 valence electrons. The van der Waals surface area contributed by atoms with Gasteiger partial charge in [0.1, 0.15) is 0 Å². The molecule has 0 atom stereocenters. The number of hydrogen-bond donors (Lipinski definition) is 2. The molecule has 1 amide bonds. The van der Waals surface area contributed by atoms with Crippen molar-refractivity contribution in [2.75, 3.05) is 19.6 Å². The van der Waals surface area contributed by atoms with E-state index in [1.807, 2.05) is 18.2 Å². The first kappa shape index (κ1) is 18.4. The van der Waals surface area contributed by atoms with Crippen LogP contribution in [0.5, 0.6) is 0 Å². The highest BCUT2D eigenvalue weighted by Gasteiger charge is 2.19. The van der Waals surface area contributed by atoms with Crippen LogP contribution in [0.1, 0.15) is 42.9 Å². The summed E-state index contributed by atoms with van der Waals surface area (Å²) in [5.74, 6) is -0.190. The van der Waals surface area contributed by atoms with Crippen molar-refractivity contribution >= 4 is 17.5 Å². The molecule has 0 bridgehead atoms. The van der Waals surface area contributed by atoms with Crippen molar-refractivity contribution in [3.63, 3.8) is 0 Å². The van der Waals surface area contributed by atoms with Crippen LogP contribution in [-0.2, 0) is 6.42 Å². The number of carbonyl (C=O) groups excluding carboxylic acids is 1. The molecule has 7 heteroatoms. The highest BCUT2D eigenvalue weighted by molar-refractivity contribution is 6.30. The van der Waals surface area contributed by atoms with Crippen molar-refractivity contribution in [2.24, 2.45) is 0 Å². The molecule has 2 aromatic rings. The monoisotopic (exact) mass is 349 g/mol. The molecule has 0 unspecified atom stereocenters. The molecule has 1 heterocycles. The molecular weight excluding hydrogens is 326 g/mol. The summed E-state index contributed by atoms with van der Waals surface area (Å²) in [6.07, 6.45) is 2.69. The van der Waals surface area contributed by atoms with Crippen LogP contribution in [0, 0.1) is 0 Å². The lowest BCUT2D eigenvalue weighted by Crippen LogP contribution is -2.32. The van der Waals surface area contributed by atoms with E-state index < -0.39 is 0 Å². The van der Waals surface area contributed by atoms with Crippen molar-refractivity contribution in [2.45, 2.75) is 33.1 Å². The van der Waals surface area contributed by atoms with Gasteiger partial charge in [0.2, 0.25) is 0 Å². The van der Waals surface area contributed by atoms with Crippen LogP contribution < -0.4 is 10.6 Å². The predicted molar refractivity (Wildman–Crippen MR) is 95.9 cm³/mol. The molecule has 0 radical (unpaired) electrons. The highest BCUT2D eigenvalue weighted by atomic mass is 35.5. The predicted octanol–water partition coefficient (Wildman–Crippen LogP) is 2.60. The third-order valence-corrected chi connectivity index (χ3v) is 3.77. The molecule has 0 saturated heterocycles. The summed E-state index contributed by atoms with van der Waals surface area (Å²) in [6.45, 7) is 6.42. The summed E-state index contributed by atoms with van der Waals surface area (Å²) in [6, 6.07) is 7.37. The Kier molecular flexibility index (Phi) is 7.21.